The fourth-order valence-electron chi connectivity index (χ4n) is 3.08. The van der Waals surface area contributed by atoms with Crippen molar-refractivity contribution in [1.82, 2.24) is 10.2 Å². The summed E-state index contributed by atoms with van der Waals surface area (Å²) in [4.78, 5) is 2.62. The molecule has 0 aromatic carbocycles. The number of piperidine rings is 1. The maximum Gasteiger partial charge on any atom is 0.0757 e. The molecule has 2 aliphatic heterocycles. The molecule has 0 aliphatic carbocycles. The molecule has 0 spiro atoms. The quantitative estimate of drug-likeness (QED) is 0.735. The van der Waals surface area contributed by atoms with Crippen molar-refractivity contribution in [3.63, 3.8) is 0 Å². The van der Waals surface area contributed by atoms with Gasteiger partial charge in [0, 0.05) is 31.7 Å². The summed E-state index contributed by atoms with van der Waals surface area (Å²) in [6.07, 6.45) is 3.00. The Bertz CT molecular complexity index is 234. The lowest BCUT2D eigenvalue weighted by atomic mass is 9.97. The second kappa shape index (κ2) is 4.63. The van der Waals surface area contributed by atoms with Crippen molar-refractivity contribution >= 4 is 0 Å². The molecular formula is C13H26N2O. The maximum absolute atomic E-state index is 5.95. The summed E-state index contributed by atoms with van der Waals surface area (Å²) in [5, 5.41) is 3.59. The molecule has 3 unspecified atom stereocenters. The number of hydrogen-bond acceptors (Lipinski definition) is 3. The van der Waals surface area contributed by atoms with Crippen LogP contribution in [0.2, 0.25) is 0 Å². The Morgan fingerprint density at radius 3 is 2.56 bits per heavy atom. The molecular weight excluding hydrogens is 200 g/mol. The molecule has 2 rings (SSSR count). The van der Waals surface area contributed by atoms with Gasteiger partial charge >= 0.3 is 0 Å². The molecule has 1 N–H and O–H groups in total. The van der Waals surface area contributed by atoms with E-state index in [0.29, 0.717) is 18.2 Å². The lowest BCUT2D eigenvalue weighted by molar-refractivity contribution is -0.139. The van der Waals surface area contributed by atoms with Gasteiger partial charge in [0.15, 0.2) is 0 Å². The van der Waals surface area contributed by atoms with Gasteiger partial charge in [-0.15, -0.1) is 0 Å². The van der Waals surface area contributed by atoms with Crippen molar-refractivity contribution in [2.45, 2.75) is 64.3 Å². The summed E-state index contributed by atoms with van der Waals surface area (Å²) in [5.74, 6) is 0. The van der Waals surface area contributed by atoms with Gasteiger partial charge < -0.3 is 10.1 Å². The molecule has 0 saturated carbocycles. The highest BCUT2D eigenvalue weighted by Crippen LogP contribution is 2.25. The third-order valence-corrected chi connectivity index (χ3v) is 3.75. The van der Waals surface area contributed by atoms with E-state index in [9.17, 15) is 0 Å². The van der Waals surface area contributed by atoms with Crippen LogP contribution in [0.5, 0.6) is 0 Å². The topological polar surface area (TPSA) is 24.5 Å². The first kappa shape index (κ1) is 12.3. The molecule has 2 saturated heterocycles. The Hall–Kier alpha value is -0.120. The largest absolute Gasteiger partial charge is 0.370 e. The zero-order valence-corrected chi connectivity index (χ0v) is 11.1. The highest BCUT2D eigenvalue weighted by molar-refractivity contribution is 4.89. The van der Waals surface area contributed by atoms with Crippen LogP contribution in [0.4, 0.5) is 0 Å². The van der Waals surface area contributed by atoms with Gasteiger partial charge in [-0.3, -0.25) is 4.90 Å². The molecule has 0 radical (unpaired) electrons. The molecule has 0 aromatic rings. The number of rotatable bonds is 1. The highest BCUT2D eigenvalue weighted by atomic mass is 16.5. The van der Waals surface area contributed by atoms with E-state index in [4.69, 9.17) is 4.74 Å². The van der Waals surface area contributed by atoms with Crippen molar-refractivity contribution in [1.29, 1.82) is 0 Å². The Kier molecular flexibility index (Phi) is 3.57. The normalized spacial score (nSPS) is 40.9. The first-order valence-electron chi connectivity index (χ1n) is 6.61. The van der Waals surface area contributed by atoms with Gasteiger partial charge in [-0.25, -0.2) is 0 Å². The van der Waals surface area contributed by atoms with Gasteiger partial charge in [0.2, 0.25) is 0 Å². The van der Waals surface area contributed by atoms with E-state index in [1.807, 2.05) is 0 Å². The van der Waals surface area contributed by atoms with Crippen LogP contribution in [0, 0.1) is 0 Å². The number of nitrogens with one attached hydrogen (secondary N) is 1. The minimum absolute atomic E-state index is 0.0146. The van der Waals surface area contributed by atoms with Crippen molar-refractivity contribution in [2.75, 3.05) is 19.6 Å². The Balaban J connectivity index is 1.93. The molecule has 94 valence electrons. The van der Waals surface area contributed by atoms with Crippen LogP contribution in [-0.4, -0.2) is 48.3 Å². The first-order chi connectivity index (χ1) is 7.46. The predicted molar refractivity (Wildman–Crippen MR) is 66.7 cm³/mol. The van der Waals surface area contributed by atoms with Crippen LogP contribution in [0.3, 0.4) is 0 Å². The van der Waals surface area contributed by atoms with E-state index < -0.39 is 0 Å². The number of ether oxygens (including phenoxy) is 1. The van der Waals surface area contributed by atoms with Gasteiger partial charge in [-0.05, 0) is 40.5 Å². The van der Waals surface area contributed by atoms with E-state index in [1.54, 1.807) is 0 Å². The molecule has 2 aliphatic rings. The van der Waals surface area contributed by atoms with Crippen LogP contribution in [0.25, 0.3) is 0 Å². The van der Waals surface area contributed by atoms with Crippen LogP contribution in [0.1, 0.15) is 40.5 Å². The third-order valence-electron chi connectivity index (χ3n) is 3.75. The molecule has 16 heavy (non-hydrogen) atoms. The van der Waals surface area contributed by atoms with Gasteiger partial charge in [0.25, 0.3) is 0 Å². The Morgan fingerprint density at radius 1 is 1.25 bits per heavy atom. The third kappa shape index (κ3) is 2.96. The minimum atomic E-state index is 0.0146. The van der Waals surface area contributed by atoms with Crippen molar-refractivity contribution in [3.05, 3.63) is 0 Å². The average Bonchev–Trinajstić information content (AvgIpc) is 2.15. The second-order valence-corrected chi connectivity index (χ2v) is 6.16. The van der Waals surface area contributed by atoms with Gasteiger partial charge in [-0.1, -0.05) is 0 Å². The van der Waals surface area contributed by atoms with Crippen LogP contribution in [0.15, 0.2) is 0 Å². The first-order valence-corrected chi connectivity index (χ1v) is 6.61. The fraction of sp³-hybridized carbons (Fsp3) is 1.00. The summed E-state index contributed by atoms with van der Waals surface area (Å²) >= 11 is 0. The van der Waals surface area contributed by atoms with E-state index in [1.165, 1.54) is 12.8 Å². The number of nitrogens with zero attached hydrogens (tertiary/aromatic N) is 1. The summed E-state index contributed by atoms with van der Waals surface area (Å²) in [6, 6.07) is 1.41. The Labute approximate surface area is 99.5 Å². The second-order valence-electron chi connectivity index (χ2n) is 6.16. The minimum Gasteiger partial charge on any atom is -0.370 e. The summed E-state index contributed by atoms with van der Waals surface area (Å²) < 4.78 is 5.95. The molecule has 2 heterocycles. The average molecular weight is 226 g/mol. The molecule has 3 nitrogen and oxygen atoms in total. The smallest absolute Gasteiger partial charge is 0.0757 e. The molecule has 2 fully saturated rings. The zero-order valence-electron chi connectivity index (χ0n) is 11.1. The van der Waals surface area contributed by atoms with Crippen molar-refractivity contribution < 1.29 is 4.74 Å². The van der Waals surface area contributed by atoms with Gasteiger partial charge in [0.1, 0.15) is 0 Å². The van der Waals surface area contributed by atoms with Crippen LogP contribution < -0.4 is 5.32 Å². The summed E-state index contributed by atoms with van der Waals surface area (Å²) in [5.41, 5.74) is 0.0146. The van der Waals surface area contributed by atoms with Crippen LogP contribution >= 0.6 is 0 Å². The fourth-order valence-corrected chi connectivity index (χ4v) is 3.08. The number of morpholine rings is 1. The summed E-state index contributed by atoms with van der Waals surface area (Å²) in [6.45, 7) is 12.2. The van der Waals surface area contributed by atoms with E-state index in [-0.39, 0.29) is 5.60 Å². The van der Waals surface area contributed by atoms with Gasteiger partial charge in [-0.2, -0.15) is 0 Å². The monoisotopic (exact) mass is 226 g/mol. The van der Waals surface area contributed by atoms with Crippen molar-refractivity contribution in [2.24, 2.45) is 0 Å². The maximum atomic E-state index is 5.95. The SMILES string of the molecule is CC1CCC(N2CC(C)OC(C)(C)C2)CN1. The van der Waals surface area contributed by atoms with Crippen LogP contribution in [-0.2, 0) is 4.74 Å². The predicted octanol–water partition coefficient (Wildman–Crippen LogP) is 1.63. The lowest BCUT2D eigenvalue weighted by Crippen LogP contribution is -2.58. The van der Waals surface area contributed by atoms with E-state index in [0.717, 1.165) is 19.6 Å². The van der Waals surface area contributed by atoms with E-state index in [2.05, 4.69) is 37.9 Å². The molecule has 0 amide bonds. The Morgan fingerprint density at radius 2 is 2.00 bits per heavy atom. The molecule has 3 heteroatoms. The molecule has 0 bridgehead atoms. The zero-order chi connectivity index (χ0) is 11.8. The summed E-state index contributed by atoms with van der Waals surface area (Å²) in [7, 11) is 0. The highest BCUT2D eigenvalue weighted by Gasteiger charge is 2.35. The molecule has 3 atom stereocenters. The van der Waals surface area contributed by atoms with Gasteiger partial charge in [0.05, 0.1) is 11.7 Å². The molecule has 0 aromatic heterocycles. The van der Waals surface area contributed by atoms with Crippen molar-refractivity contribution in [3.8, 4) is 0 Å². The lowest BCUT2D eigenvalue weighted by Gasteiger charge is -2.46. The standard InChI is InChI=1S/C13H26N2O/c1-10-5-6-12(7-14-10)15-8-11(2)16-13(3,4)9-15/h10-12,14H,5-9H2,1-4H3. The number of hydrogen-bond donors (Lipinski definition) is 1. The van der Waals surface area contributed by atoms with E-state index >= 15 is 0 Å².